The molecule has 0 bridgehead atoms. The van der Waals surface area contributed by atoms with E-state index in [-0.39, 0.29) is 11.9 Å². The van der Waals surface area contributed by atoms with Gasteiger partial charge in [0.2, 0.25) is 0 Å². The van der Waals surface area contributed by atoms with Gasteiger partial charge in [0.1, 0.15) is 5.82 Å². The number of nitrogens with zero attached hydrogens (tertiary/aromatic N) is 1. The van der Waals surface area contributed by atoms with Gasteiger partial charge in [-0.05, 0) is 19.9 Å². The first-order chi connectivity index (χ1) is 8.58. The fraction of sp³-hybridized carbons (Fsp3) is 0.500. The van der Waals surface area contributed by atoms with Crippen molar-refractivity contribution in [2.24, 2.45) is 0 Å². The SMILES string of the molecule is CCOCC(C)NC(=O)c1cnc(NC)c(Cl)c1. The number of aromatic nitrogens is 1. The minimum Gasteiger partial charge on any atom is -0.380 e. The van der Waals surface area contributed by atoms with Gasteiger partial charge in [0.15, 0.2) is 0 Å². The molecule has 0 aromatic carbocycles. The maximum atomic E-state index is 11.9. The van der Waals surface area contributed by atoms with Crippen molar-refractivity contribution in [1.29, 1.82) is 0 Å². The van der Waals surface area contributed by atoms with Crippen molar-refractivity contribution in [1.82, 2.24) is 10.3 Å². The van der Waals surface area contributed by atoms with Crippen molar-refractivity contribution in [3.8, 4) is 0 Å². The van der Waals surface area contributed by atoms with Crippen LogP contribution < -0.4 is 10.6 Å². The Kier molecular flexibility index (Phi) is 5.88. The Morgan fingerprint density at radius 2 is 2.33 bits per heavy atom. The van der Waals surface area contributed by atoms with Gasteiger partial charge < -0.3 is 15.4 Å². The highest BCUT2D eigenvalue weighted by molar-refractivity contribution is 6.33. The van der Waals surface area contributed by atoms with Crippen molar-refractivity contribution in [3.63, 3.8) is 0 Å². The zero-order valence-corrected chi connectivity index (χ0v) is 11.5. The van der Waals surface area contributed by atoms with Gasteiger partial charge >= 0.3 is 0 Å². The van der Waals surface area contributed by atoms with Crippen molar-refractivity contribution in [2.45, 2.75) is 19.9 Å². The van der Waals surface area contributed by atoms with Crippen LogP contribution in [0.2, 0.25) is 5.02 Å². The fourth-order valence-corrected chi connectivity index (χ4v) is 1.65. The van der Waals surface area contributed by atoms with Crippen molar-refractivity contribution < 1.29 is 9.53 Å². The molecule has 6 heteroatoms. The van der Waals surface area contributed by atoms with E-state index in [1.54, 1.807) is 13.1 Å². The van der Waals surface area contributed by atoms with Gasteiger partial charge in [0, 0.05) is 25.9 Å². The molecular weight excluding hydrogens is 254 g/mol. The predicted octanol–water partition coefficient (Wildman–Crippen LogP) is 1.93. The van der Waals surface area contributed by atoms with Crippen molar-refractivity contribution in [3.05, 3.63) is 22.8 Å². The molecule has 1 atom stereocenters. The molecule has 1 amide bonds. The quantitative estimate of drug-likeness (QED) is 0.830. The number of hydrogen-bond donors (Lipinski definition) is 2. The number of hydrogen-bond acceptors (Lipinski definition) is 4. The molecule has 1 aromatic rings. The van der Waals surface area contributed by atoms with E-state index in [2.05, 4.69) is 15.6 Å². The Labute approximate surface area is 112 Å². The summed E-state index contributed by atoms with van der Waals surface area (Å²) in [7, 11) is 1.72. The number of anilines is 1. The number of carbonyl (C=O) groups excluding carboxylic acids is 1. The summed E-state index contributed by atoms with van der Waals surface area (Å²) in [4.78, 5) is 15.9. The van der Waals surface area contributed by atoms with E-state index >= 15 is 0 Å². The number of nitrogens with one attached hydrogen (secondary N) is 2. The lowest BCUT2D eigenvalue weighted by Crippen LogP contribution is -2.36. The van der Waals surface area contributed by atoms with Crippen molar-refractivity contribution in [2.75, 3.05) is 25.6 Å². The highest BCUT2D eigenvalue weighted by Crippen LogP contribution is 2.19. The van der Waals surface area contributed by atoms with Crippen LogP contribution >= 0.6 is 11.6 Å². The molecule has 1 unspecified atom stereocenters. The van der Waals surface area contributed by atoms with E-state index in [0.29, 0.717) is 29.6 Å². The monoisotopic (exact) mass is 271 g/mol. The normalized spacial score (nSPS) is 12.0. The number of ether oxygens (including phenoxy) is 1. The Bertz CT molecular complexity index is 412. The third kappa shape index (κ3) is 4.16. The predicted molar refractivity (Wildman–Crippen MR) is 72.2 cm³/mol. The van der Waals surface area contributed by atoms with Gasteiger partial charge in [-0.25, -0.2) is 4.98 Å². The molecular formula is C12H18ClN3O2. The minimum absolute atomic E-state index is 0.0554. The summed E-state index contributed by atoms with van der Waals surface area (Å²) in [6.45, 7) is 4.90. The fourth-order valence-electron chi connectivity index (χ4n) is 1.39. The average molecular weight is 272 g/mol. The first-order valence-electron chi connectivity index (χ1n) is 5.80. The Morgan fingerprint density at radius 3 is 2.89 bits per heavy atom. The first-order valence-corrected chi connectivity index (χ1v) is 6.18. The second-order valence-corrected chi connectivity index (χ2v) is 4.25. The van der Waals surface area contributed by atoms with Crippen LogP contribution in [0.15, 0.2) is 12.3 Å². The molecule has 0 radical (unpaired) electrons. The summed E-state index contributed by atoms with van der Waals surface area (Å²) < 4.78 is 5.23. The maximum absolute atomic E-state index is 11.9. The Hall–Kier alpha value is -1.33. The zero-order valence-electron chi connectivity index (χ0n) is 10.8. The molecule has 0 spiro atoms. The third-order valence-electron chi connectivity index (χ3n) is 2.29. The molecule has 0 aliphatic heterocycles. The molecule has 5 nitrogen and oxygen atoms in total. The molecule has 100 valence electrons. The number of amides is 1. The molecule has 0 saturated heterocycles. The Morgan fingerprint density at radius 1 is 1.61 bits per heavy atom. The average Bonchev–Trinajstić information content (AvgIpc) is 2.36. The number of pyridine rings is 1. The molecule has 1 rings (SSSR count). The molecule has 18 heavy (non-hydrogen) atoms. The molecule has 1 heterocycles. The largest absolute Gasteiger partial charge is 0.380 e. The summed E-state index contributed by atoms with van der Waals surface area (Å²) in [5, 5.41) is 6.07. The lowest BCUT2D eigenvalue weighted by atomic mass is 10.2. The standard InChI is InChI=1S/C12H18ClN3O2/c1-4-18-7-8(2)16-12(17)9-5-10(13)11(14-3)15-6-9/h5-6,8H,4,7H2,1-3H3,(H,14,15)(H,16,17). The van der Waals surface area contributed by atoms with Crippen LogP contribution in [-0.4, -0.2) is 37.2 Å². The van der Waals surface area contributed by atoms with Crippen LogP contribution in [0.3, 0.4) is 0 Å². The molecule has 0 fully saturated rings. The summed E-state index contributed by atoms with van der Waals surface area (Å²) in [5.41, 5.74) is 0.433. The number of rotatable bonds is 6. The summed E-state index contributed by atoms with van der Waals surface area (Å²) in [5.74, 6) is 0.342. The Balaban J connectivity index is 2.64. The van der Waals surface area contributed by atoms with Crippen molar-refractivity contribution >= 4 is 23.3 Å². The minimum atomic E-state index is -0.209. The first kappa shape index (κ1) is 14.7. The summed E-state index contributed by atoms with van der Waals surface area (Å²) in [6, 6.07) is 1.53. The van der Waals surface area contributed by atoms with Gasteiger partial charge in [-0.3, -0.25) is 4.79 Å². The molecule has 1 aromatic heterocycles. The molecule has 0 aliphatic carbocycles. The highest BCUT2D eigenvalue weighted by Gasteiger charge is 2.12. The topological polar surface area (TPSA) is 63.2 Å². The lowest BCUT2D eigenvalue weighted by Gasteiger charge is -2.13. The van der Waals surface area contributed by atoms with Crippen LogP contribution in [-0.2, 0) is 4.74 Å². The van der Waals surface area contributed by atoms with Crippen LogP contribution in [0.1, 0.15) is 24.2 Å². The molecule has 0 saturated carbocycles. The van der Waals surface area contributed by atoms with Crippen LogP contribution in [0, 0.1) is 0 Å². The van der Waals surface area contributed by atoms with Gasteiger partial charge in [0.25, 0.3) is 5.91 Å². The van der Waals surface area contributed by atoms with Crippen LogP contribution in [0.4, 0.5) is 5.82 Å². The maximum Gasteiger partial charge on any atom is 0.253 e. The number of carbonyl (C=O) groups is 1. The van der Waals surface area contributed by atoms with Gasteiger partial charge in [-0.15, -0.1) is 0 Å². The second-order valence-electron chi connectivity index (χ2n) is 3.84. The third-order valence-corrected chi connectivity index (χ3v) is 2.58. The molecule has 2 N–H and O–H groups in total. The van der Waals surface area contributed by atoms with E-state index < -0.39 is 0 Å². The van der Waals surface area contributed by atoms with E-state index in [0.717, 1.165) is 0 Å². The highest BCUT2D eigenvalue weighted by atomic mass is 35.5. The van der Waals surface area contributed by atoms with E-state index in [4.69, 9.17) is 16.3 Å². The molecule has 0 aliphatic rings. The lowest BCUT2D eigenvalue weighted by molar-refractivity contribution is 0.0871. The summed E-state index contributed by atoms with van der Waals surface area (Å²) >= 11 is 5.96. The van der Waals surface area contributed by atoms with Gasteiger partial charge in [0.05, 0.1) is 17.2 Å². The van der Waals surface area contributed by atoms with Crippen LogP contribution in [0.25, 0.3) is 0 Å². The van der Waals surface area contributed by atoms with E-state index in [1.807, 2.05) is 13.8 Å². The smallest absolute Gasteiger partial charge is 0.253 e. The van der Waals surface area contributed by atoms with Crippen LogP contribution in [0.5, 0.6) is 0 Å². The van der Waals surface area contributed by atoms with E-state index in [1.165, 1.54) is 6.20 Å². The second kappa shape index (κ2) is 7.18. The zero-order chi connectivity index (χ0) is 13.5. The summed E-state index contributed by atoms with van der Waals surface area (Å²) in [6.07, 6.45) is 1.49. The van der Waals surface area contributed by atoms with E-state index in [9.17, 15) is 4.79 Å². The van der Waals surface area contributed by atoms with Gasteiger partial charge in [-0.1, -0.05) is 11.6 Å². The van der Waals surface area contributed by atoms with Gasteiger partial charge in [-0.2, -0.15) is 0 Å². The number of halogens is 1.